The third-order valence-electron chi connectivity index (χ3n) is 8.08. The Morgan fingerprint density at radius 1 is 0.955 bits per heavy atom. The van der Waals surface area contributed by atoms with Crippen LogP contribution in [0.5, 0.6) is 0 Å². The van der Waals surface area contributed by atoms with Gasteiger partial charge in [0.25, 0.3) is 0 Å². The van der Waals surface area contributed by atoms with Gasteiger partial charge in [-0.2, -0.15) is 13.2 Å². The molecule has 0 saturated heterocycles. The quantitative estimate of drug-likeness (QED) is 0.116. The second-order valence-corrected chi connectivity index (χ2v) is 17.8. The number of hydrogen-bond acceptors (Lipinski definition) is 5. The zero-order chi connectivity index (χ0) is 32.7. The zero-order valence-corrected chi connectivity index (χ0v) is 26.8. The Hall–Kier alpha value is -3.90. The molecule has 1 amide bonds. The van der Waals surface area contributed by atoms with Crippen molar-refractivity contribution in [1.29, 1.82) is 0 Å². The van der Waals surface area contributed by atoms with Crippen molar-refractivity contribution < 1.29 is 31.6 Å². The molecule has 0 bridgehead atoms. The summed E-state index contributed by atoms with van der Waals surface area (Å²) in [6.45, 7) is 14.8. The maximum atomic E-state index is 15.2. The second-order valence-electron chi connectivity index (χ2n) is 13.0. The Bertz CT molecular complexity index is 1690. The molecule has 1 aromatic carbocycles. The predicted octanol–water partition coefficient (Wildman–Crippen LogP) is 7.76. The Kier molecular flexibility index (Phi) is 8.91. The van der Waals surface area contributed by atoms with Crippen LogP contribution in [-0.2, 0) is 27.4 Å². The van der Waals surface area contributed by atoms with Gasteiger partial charge in [0.15, 0.2) is 19.9 Å². The number of ketones is 1. The highest BCUT2D eigenvalue weighted by molar-refractivity contribution is 6.74. The minimum absolute atomic E-state index is 0.0245. The molecule has 0 fully saturated rings. The van der Waals surface area contributed by atoms with Gasteiger partial charge in [0.05, 0.1) is 47.7 Å². The number of hydrogen-bond donors (Lipinski definition) is 1. The topological polar surface area (TPSA) is 86.1 Å². The predicted molar refractivity (Wildman–Crippen MR) is 164 cm³/mol. The SMILES string of the molecule is CC(C)(CO[Si](C)(C)C(C)(C)C)n1cc(C(=O)c2cncc(NC(=O)Cc3ccc(C(F)(F)F)cc3)c2)c2cncc(F)c21. The van der Waals surface area contributed by atoms with E-state index in [0.29, 0.717) is 17.6 Å². The molecule has 0 atom stereocenters. The third-order valence-corrected chi connectivity index (χ3v) is 12.6. The summed E-state index contributed by atoms with van der Waals surface area (Å²) >= 11 is 0. The van der Waals surface area contributed by atoms with Crippen LogP contribution < -0.4 is 5.32 Å². The average Bonchev–Trinajstić information content (AvgIpc) is 3.33. The van der Waals surface area contributed by atoms with E-state index < -0.39 is 43.1 Å². The van der Waals surface area contributed by atoms with E-state index in [4.69, 9.17) is 4.43 Å². The maximum Gasteiger partial charge on any atom is 0.416 e. The van der Waals surface area contributed by atoms with E-state index in [9.17, 15) is 22.8 Å². The number of aromatic nitrogens is 3. The molecule has 0 unspecified atom stereocenters. The number of carbonyl (C=O) groups excluding carboxylic acids is 2. The lowest BCUT2D eigenvalue weighted by Gasteiger charge is -2.39. The highest BCUT2D eigenvalue weighted by atomic mass is 28.4. The largest absolute Gasteiger partial charge is 0.416 e. The van der Waals surface area contributed by atoms with Crippen molar-refractivity contribution in [3.63, 3.8) is 0 Å². The van der Waals surface area contributed by atoms with Crippen LogP contribution in [0, 0.1) is 5.82 Å². The number of anilines is 1. The molecule has 4 aromatic rings. The summed E-state index contributed by atoms with van der Waals surface area (Å²) in [7, 11) is -2.13. The third kappa shape index (κ3) is 7.07. The lowest BCUT2D eigenvalue weighted by atomic mass is 10.0. The molecule has 12 heteroatoms. The van der Waals surface area contributed by atoms with Crippen molar-refractivity contribution in [2.24, 2.45) is 0 Å². The fourth-order valence-corrected chi connectivity index (χ4v) is 5.57. The first-order valence-electron chi connectivity index (χ1n) is 14.0. The van der Waals surface area contributed by atoms with E-state index in [1.165, 1.54) is 36.8 Å². The highest BCUT2D eigenvalue weighted by Crippen LogP contribution is 2.38. The number of halogens is 4. The minimum Gasteiger partial charge on any atom is -0.414 e. The first-order chi connectivity index (χ1) is 20.3. The molecule has 0 saturated carbocycles. The summed E-state index contributed by atoms with van der Waals surface area (Å²) in [6.07, 6.45) is 2.19. The van der Waals surface area contributed by atoms with Crippen LogP contribution in [0.4, 0.5) is 23.2 Å². The van der Waals surface area contributed by atoms with Gasteiger partial charge in [0.2, 0.25) is 5.91 Å². The van der Waals surface area contributed by atoms with Crippen LogP contribution >= 0.6 is 0 Å². The van der Waals surface area contributed by atoms with E-state index in [1.807, 2.05) is 13.8 Å². The van der Waals surface area contributed by atoms with Crippen molar-refractivity contribution in [3.05, 3.63) is 89.4 Å². The molecule has 0 radical (unpaired) electrons. The standard InChI is InChI=1S/C32H36F4N4O3Si/c1-30(2,3)44(6,7)43-19-31(4,5)40-18-25(24-16-38-17-26(33)28(24)40)29(42)21-13-23(15-37-14-21)39-27(41)12-20-8-10-22(11-9-20)32(34,35)36/h8-11,13-18H,12,19H2,1-7H3,(H,39,41). The summed E-state index contributed by atoms with van der Waals surface area (Å²) in [4.78, 5) is 34.5. The number of pyridine rings is 2. The molecule has 3 aromatic heterocycles. The average molecular weight is 629 g/mol. The summed E-state index contributed by atoms with van der Waals surface area (Å²) in [6, 6.07) is 5.75. The first kappa shape index (κ1) is 33.0. The van der Waals surface area contributed by atoms with Crippen LogP contribution in [0.1, 0.15) is 61.7 Å². The van der Waals surface area contributed by atoms with Crippen molar-refractivity contribution in [2.75, 3.05) is 11.9 Å². The van der Waals surface area contributed by atoms with Crippen LogP contribution in [0.15, 0.2) is 61.3 Å². The van der Waals surface area contributed by atoms with Crippen LogP contribution in [0.2, 0.25) is 18.1 Å². The fourth-order valence-electron chi connectivity index (χ4n) is 4.42. The molecule has 44 heavy (non-hydrogen) atoms. The van der Waals surface area contributed by atoms with E-state index in [2.05, 4.69) is 49.1 Å². The number of amides is 1. The highest BCUT2D eigenvalue weighted by Gasteiger charge is 2.39. The number of alkyl halides is 3. The monoisotopic (exact) mass is 628 g/mol. The number of fused-ring (bicyclic) bond motifs is 1. The Balaban J connectivity index is 1.58. The summed E-state index contributed by atoms with van der Waals surface area (Å²) in [5.41, 5.74) is -0.331. The fraction of sp³-hybridized carbons (Fsp3) is 0.375. The number of rotatable bonds is 9. The molecule has 0 aliphatic rings. The molecule has 7 nitrogen and oxygen atoms in total. The van der Waals surface area contributed by atoms with Gasteiger partial charge in [-0.05, 0) is 55.7 Å². The summed E-state index contributed by atoms with van der Waals surface area (Å²) in [5.74, 6) is -1.53. The van der Waals surface area contributed by atoms with E-state index in [-0.39, 0.29) is 33.8 Å². The lowest BCUT2D eigenvalue weighted by Crippen LogP contribution is -2.45. The Labute approximate surface area is 254 Å². The zero-order valence-electron chi connectivity index (χ0n) is 25.8. The van der Waals surface area contributed by atoms with Crippen molar-refractivity contribution in [1.82, 2.24) is 14.5 Å². The van der Waals surface area contributed by atoms with E-state index in [0.717, 1.165) is 18.3 Å². The van der Waals surface area contributed by atoms with Gasteiger partial charge in [0.1, 0.15) is 0 Å². The lowest BCUT2D eigenvalue weighted by molar-refractivity contribution is -0.137. The van der Waals surface area contributed by atoms with Crippen LogP contribution in [0.3, 0.4) is 0 Å². The summed E-state index contributed by atoms with van der Waals surface area (Å²) < 4.78 is 61.9. The molecule has 0 spiro atoms. The smallest absolute Gasteiger partial charge is 0.414 e. The molecule has 234 valence electrons. The van der Waals surface area contributed by atoms with Gasteiger partial charge >= 0.3 is 6.18 Å². The molecule has 0 aliphatic heterocycles. The van der Waals surface area contributed by atoms with Gasteiger partial charge < -0.3 is 14.3 Å². The van der Waals surface area contributed by atoms with E-state index in [1.54, 1.807) is 10.8 Å². The normalized spacial score (nSPS) is 12.9. The number of nitrogens with zero attached hydrogens (tertiary/aromatic N) is 3. The molecule has 4 rings (SSSR count). The van der Waals surface area contributed by atoms with Crippen molar-refractivity contribution in [2.45, 2.75) is 70.9 Å². The molecule has 1 N–H and O–H groups in total. The van der Waals surface area contributed by atoms with Gasteiger partial charge in [-0.3, -0.25) is 19.6 Å². The molecule has 3 heterocycles. The van der Waals surface area contributed by atoms with Crippen LogP contribution in [-0.4, -0.2) is 41.1 Å². The van der Waals surface area contributed by atoms with Gasteiger partial charge in [-0.25, -0.2) is 4.39 Å². The van der Waals surface area contributed by atoms with Crippen molar-refractivity contribution >= 4 is 36.6 Å². The maximum absolute atomic E-state index is 15.2. The van der Waals surface area contributed by atoms with Crippen molar-refractivity contribution in [3.8, 4) is 0 Å². The van der Waals surface area contributed by atoms with Gasteiger partial charge in [0, 0.05) is 35.1 Å². The van der Waals surface area contributed by atoms with Gasteiger partial charge in [-0.15, -0.1) is 0 Å². The molecular formula is C32H36F4N4O3Si. The molecular weight excluding hydrogens is 592 g/mol. The first-order valence-corrected chi connectivity index (χ1v) is 17.0. The van der Waals surface area contributed by atoms with Crippen LogP contribution in [0.25, 0.3) is 10.9 Å². The Morgan fingerprint density at radius 2 is 1.59 bits per heavy atom. The second kappa shape index (κ2) is 11.9. The number of benzene rings is 1. The molecule has 0 aliphatic carbocycles. The number of carbonyl (C=O) groups is 2. The number of nitrogens with one attached hydrogen (secondary N) is 1. The minimum atomic E-state index is -4.47. The van der Waals surface area contributed by atoms with Gasteiger partial charge in [-0.1, -0.05) is 32.9 Å². The summed E-state index contributed by atoms with van der Waals surface area (Å²) in [5, 5.41) is 2.94. The van der Waals surface area contributed by atoms with E-state index >= 15 is 4.39 Å². The Morgan fingerprint density at radius 3 is 2.20 bits per heavy atom.